The number of aromatic nitrogens is 5. The molecule has 4 amide bonds. The molecule has 16 nitrogen and oxygen atoms in total. The first-order valence-corrected chi connectivity index (χ1v) is 22.3. The smallest absolute Gasteiger partial charge is 0.329 e. The highest BCUT2D eigenvalue weighted by atomic mass is 16.4. The normalized spacial score (nSPS) is 17.2. The Kier molecular flexibility index (Phi) is 11.6. The van der Waals surface area contributed by atoms with E-state index in [2.05, 4.69) is 15.6 Å². The van der Waals surface area contributed by atoms with Crippen molar-refractivity contribution in [1.29, 1.82) is 0 Å². The maximum atomic E-state index is 13.9. The van der Waals surface area contributed by atoms with Gasteiger partial charge in [0.05, 0.1) is 28.3 Å². The molecule has 0 saturated carbocycles. The molecule has 65 heavy (non-hydrogen) atoms. The summed E-state index contributed by atoms with van der Waals surface area (Å²) in [4.78, 5) is 89.3. The Morgan fingerprint density at radius 2 is 1.03 bits per heavy atom. The summed E-state index contributed by atoms with van der Waals surface area (Å²) in [5.41, 5.74) is 4.91. The first kappa shape index (κ1) is 42.8. The number of hydrogen-bond acceptors (Lipinski definition) is 8. The Labute approximate surface area is 374 Å². The topological polar surface area (TPSA) is 179 Å². The van der Waals surface area contributed by atoms with Crippen molar-refractivity contribution in [2.45, 2.75) is 90.6 Å². The molecule has 4 aromatic carbocycles. The largest absolute Gasteiger partial charge is 0.436 e. The van der Waals surface area contributed by atoms with Crippen LogP contribution in [0.5, 0.6) is 0 Å². The van der Waals surface area contributed by atoms with Crippen LogP contribution in [0.4, 0.5) is 11.4 Å². The molecule has 2 N–H and O–H groups in total. The number of oxazole rings is 1. The molecule has 16 heteroatoms. The molecular weight excluding hydrogens is 827 g/mol. The van der Waals surface area contributed by atoms with Gasteiger partial charge >= 0.3 is 11.4 Å². The lowest BCUT2D eigenvalue weighted by atomic mass is 10.1. The highest BCUT2D eigenvalue weighted by molar-refractivity contribution is 5.99. The lowest BCUT2D eigenvalue weighted by molar-refractivity contribution is -0.139. The second-order valence-corrected chi connectivity index (χ2v) is 16.7. The molecule has 7 aromatic rings. The predicted octanol–water partition coefficient (Wildman–Crippen LogP) is 6.66. The molecule has 334 valence electrons. The molecular formula is C49H51N9O7. The van der Waals surface area contributed by atoms with Gasteiger partial charge in [-0.25, -0.2) is 14.6 Å². The fourth-order valence-electron chi connectivity index (χ4n) is 9.54. The van der Waals surface area contributed by atoms with Crippen molar-refractivity contribution in [3.63, 3.8) is 0 Å². The molecule has 2 saturated heterocycles. The minimum atomic E-state index is -0.791. The number of nitrogens with one attached hydrogen (secondary N) is 2. The number of nitrogens with zero attached hydrogens (tertiary/aromatic N) is 7. The van der Waals surface area contributed by atoms with E-state index in [9.17, 15) is 28.8 Å². The Balaban J connectivity index is 0.812. The lowest BCUT2D eigenvalue weighted by Crippen LogP contribution is -2.46. The number of carbonyl (C=O) groups excluding carboxylic acids is 4. The van der Waals surface area contributed by atoms with Crippen LogP contribution in [-0.2, 0) is 32.3 Å². The van der Waals surface area contributed by atoms with Gasteiger partial charge in [-0.05, 0) is 126 Å². The van der Waals surface area contributed by atoms with Crippen molar-refractivity contribution < 1.29 is 23.6 Å². The van der Waals surface area contributed by atoms with Gasteiger partial charge in [0.2, 0.25) is 29.5 Å². The minimum absolute atomic E-state index is 0.254. The van der Waals surface area contributed by atoms with Crippen LogP contribution in [0.25, 0.3) is 44.8 Å². The number of aryl methyl sites for hydroxylation is 2. The summed E-state index contributed by atoms with van der Waals surface area (Å²) in [5, 5.41) is 5.92. The van der Waals surface area contributed by atoms with Crippen LogP contribution in [0.15, 0.2) is 117 Å². The molecule has 0 radical (unpaired) electrons. The molecule has 9 rings (SSSR count). The van der Waals surface area contributed by atoms with E-state index >= 15 is 0 Å². The summed E-state index contributed by atoms with van der Waals surface area (Å²) in [7, 11) is 0. The van der Waals surface area contributed by atoms with Crippen LogP contribution < -0.4 is 22.0 Å². The zero-order valence-electron chi connectivity index (χ0n) is 36.8. The van der Waals surface area contributed by atoms with Crippen LogP contribution in [0.3, 0.4) is 0 Å². The predicted molar refractivity (Wildman–Crippen MR) is 247 cm³/mol. The molecule has 2 fully saturated rings. The standard InChI is InChI=1S/C49H51N9O7/c1-5-53-36-13-7-9-15-38(36)57(48(53)63)30(3)46(61)55-27-11-17-40(55)43(59)51-34-23-19-32(20-24-34)42-29-50-45(65-42)33-21-25-35(26-22-33)52-44(60)41-18-12-28-56(41)47(62)31(4)58-39-16-10-8-14-37(39)54(6-2)49(58)64/h7-10,13-16,19-26,29-31,40-41H,5-6,11-12,17-18,27-28H2,1-4H3,(H,51,59)(H,52,60)/t30?,31-,40?,41-/m0/s1. The number of benzene rings is 4. The van der Waals surface area contributed by atoms with Crippen LogP contribution >= 0.6 is 0 Å². The average Bonchev–Trinajstić information content (AvgIpc) is 4.18. The third-order valence-corrected chi connectivity index (χ3v) is 12.9. The van der Waals surface area contributed by atoms with Crippen LogP contribution in [0.1, 0.15) is 65.5 Å². The maximum absolute atomic E-state index is 13.9. The van der Waals surface area contributed by atoms with Gasteiger partial charge in [0.25, 0.3) is 0 Å². The van der Waals surface area contributed by atoms with E-state index in [0.29, 0.717) is 91.5 Å². The van der Waals surface area contributed by atoms with Gasteiger partial charge in [0.15, 0.2) is 5.76 Å². The van der Waals surface area contributed by atoms with Gasteiger partial charge < -0.3 is 24.9 Å². The Hall–Kier alpha value is -7.49. The fraction of sp³-hybridized carbons (Fsp3) is 0.327. The summed E-state index contributed by atoms with van der Waals surface area (Å²) in [6.45, 7) is 9.01. The van der Waals surface area contributed by atoms with Gasteiger partial charge in [0.1, 0.15) is 24.2 Å². The highest BCUT2D eigenvalue weighted by Crippen LogP contribution is 2.30. The summed E-state index contributed by atoms with van der Waals surface area (Å²) < 4.78 is 12.5. The number of carbonyl (C=O) groups is 4. The second-order valence-electron chi connectivity index (χ2n) is 16.7. The monoisotopic (exact) mass is 877 g/mol. The molecule has 2 aliphatic heterocycles. The molecule has 0 aliphatic carbocycles. The van der Waals surface area contributed by atoms with E-state index in [1.165, 1.54) is 9.13 Å². The minimum Gasteiger partial charge on any atom is -0.436 e. The van der Waals surface area contributed by atoms with Crippen LogP contribution in [0.2, 0.25) is 0 Å². The summed E-state index contributed by atoms with van der Waals surface area (Å²) in [6.07, 6.45) is 3.99. The first-order valence-electron chi connectivity index (χ1n) is 22.3. The highest BCUT2D eigenvalue weighted by Gasteiger charge is 2.39. The van der Waals surface area contributed by atoms with E-state index < -0.39 is 24.2 Å². The summed E-state index contributed by atoms with van der Waals surface area (Å²) in [6, 6.07) is 26.1. The zero-order valence-corrected chi connectivity index (χ0v) is 36.8. The number of amides is 4. The number of fused-ring (bicyclic) bond motifs is 2. The summed E-state index contributed by atoms with van der Waals surface area (Å²) in [5.74, 6) is -0.263. The fourth-order valence-corrected chi connectivity index (χ4v) is 9.54. The molecule has 2 aliphatic rings. The average molecular weight is 878 g/mol. The third-order valence-electron chi connectivity index (χ3n) is 12.9. The number of hydrogen-bond donors (Lipinski definition) is 2. The van der Waals surface area contributed by atoms with Gasteiger partial charge in [-0.15, -0.1) is 0 Å². The number of para-hydroxylation sites is 4. The summed E-state index contributed by atoms with van der Waals surface area (Å²) >= 11 is 0. The number of rotatable bonds is 12. The lowest BCUT2D eigenvalue weighted by Gasteiger charge is -2.27. The number of anilines is 2. The molecule has 5 heterocycles. The Morgan fingerprint density at radius 1 is 0.615 bits per heavy atom. The zero-order chi connectivity index (χ0) is 45.5. The first-order chi connectivity index (χ1) is 31.5. The van der Waals surface area contributed by atoms with Crippen molar-refractivity contribution in [2.75, 3.05) is 23.7 Å². The van der Waals surface area contributed by atoms with Crippen molar-refractivity contribution in [3.8, 4) is 22.8 Å². The van der Waals surface area contributed by atoms with E-state index in [4.69, 9.17) is 4.42 Å². The van der Waals surface area contributed by atoms with Crippen molar-refractivity contribution >= 4 is 57.1 Å². The van der Waals surface area contributed by atoms with E-state index in [-0.39, 0.29) is 35.0 Å². The van der Waals surface area contributed by atoms with E-state index in [1.807, 2.05) is 74.5 Å². The third kappa shape index (κ3) is 7.72. The second kappa shape index (κ2) is 17.6. The van der Waals surface area contributed by atoms with Gasteiger partial charge in [-0.1, -0.05) is 24.3 Å². The van der Waals surface area contributed by atoms with Crippen molar-refractivity contribution in [1.82, 2.24) is 33.1 Å². The molecule has 2 unspecified atom stereocenters. The Morgan fingerprint density at radius 3 is 1.46 bits per heavy atom. The van der Waals surface area contributed by atoms with Crippen molar-refractivity contribution in [2.24, 2.45) is 0 Å². The quantitative estimate of drug-likeness (QED) is 0.137. The van der Waals surface area contributed by atoms with Gasteiger partial charge in [-0.3, -0.25) is 37.4 Å². The maximum Gasteiger partial charge on any atom is 0.329 e. The van der Waals surface area contributed by atoms with Crippen LogP contribution in [0, 0.1) is 0 Å². The SMILES string of the molecule is CCn1c(=O)n(C(C)C(=O)N2CCCC2C(=O)Nc2ccc(-c3cnc(-c4ccc(NC(=O)[C@@H]5CCCN5C(=O)[C@H](C)n5c(=O)n(CC)c6ccccc65)cc4)o3)cc2)c2ccccc21. The number of imidazole rings is 2. The van der Waals surface area contributed by atoms with Gasteiger partial charge in [-0.2, -0.15) is 0 Å². The van der Waals surface area contributed by atoms with Crippen molar-refractivity contribution in [3.05, 3.63) is 124 Å². The molecule has 0 bridgehead atoms. The van der Waals surface area contributed by atoms with E-state index in [1.54, 1.807) is 75.4 Å². The molecule has 4 atom stereocenters. The van der Waals surface area contributed by atoms with Crippen LogP contribution in [-0.4, -0.2) is 81.9 Å². The molecule has 0 spiro atoms. The van der Waals surface area contributed by atoms with E-state index in [0.717, 1.165) is 16.6 Å². The number of likely N-dealkylation sites (tertiary alicyclic amines) is 2. The Bertz CT molecular complexity index is 2860. The van der Waals surface area contributed by atoms with Gasteiger partial charge in [0, 0.05) is 48.7 Å². The molecule has 3 aromatic heterocycles.